The molecule has 0 aromatic carbocycles. The number of ether oxygens (including phenoxy) is 1. The molecule has 0 spiro atoms. The van der Waals surface area contributed by atoms with Crippen LogP contribution in [0.1, 0.15) is 9.67 Å². The van der Waals surface area contributed by atoms with Crippen molar-refractivity contribution in [3.8, 4) is 9.88 Å². The third-order valence-electron chi connectivity index (χ3n) is 3.08. The molecule has 3 rings (SSSR count). The molecule has 0 unspecified atom stereocenters. The van der Waals surface area contributed by atoms with Crippen LogP contribution in [0.15, 0.2) is 23.7 Å². The highest BCUT2D eigenvalue weighted by Crippen LogP contribution is 2.29. The Morgan fingerprint density at radius 1 is 1.48 bits per heavy atom. The third kappa shape index (κ3) is 2.97. The van der Waals surface area contributed by atoms with Gasteiger partial charge in [-0.15, -0.1) is 22.7 Å². The van der Waals surface area contributed by atoms with Crippen LogP contribution in [0.2, 0.25) is 0 Å². The molecule has 8 heteroatoms. The highest BCUT2D eigenvalue weighted by Gasteiger charge is 2.30. The number of amides is 1. The average Bonchev–Trinajstić information content (AvgIpc) is 3.17. The van der Waals surface area contributed by atoms with Crippen LogP contribution < -0.4 is 0 Å². The summed E-state index contributed by atoms with van der Waals surface area (Å²) >= 11 is 2.89. The molecule has 1 fully saturated rings. The van der Waals surface area contributed by atoms with Gasteiger partial charge in [-0.25, -0.2) is 9.78 Å². The van der Waals surface area contributed by atoms with Crippen molar-refractivity contribution in [1.82, 2.24) is 9.88 Å². The molecule has 110 valence electrons. The maximum atomic E-state index is 12.4. The summed E-state index contributed by atoms with van der Waals surface area (Å²) < 4.78 is 5.12. The smallest absolute Gasteiger partial charge is 0.334 e. The largest absolute Gasteiger partial charge is 0.479 e. The Labute approximate surface area is 128 Å². The molecule has 0 radical (unpaired) electrons. The molecular formula is C13H12N2O4S2. The molecule has 1 aliphatic heterocycles. The van der Waals surface area contributed by atoms with E-state index in [-0.39, 0.29) is 19.1 Å². The lowest BCUT2D eigenvalue weighted by molar-refractivity contribution is -0.154. The van der Waals surface area contributed by atoms with Crippen LogP contribution in [0, 0.1) is 0 Å². The van der Waals surface area contributed by atoms with Crippen LogP contribution in [-0.2, 0) is 9.53 Å². The molecule has 1 atom stereocenters. The second-order valence-electron chi connectivity index (χ2n) is 4.46. The standard InChI is InChI=1S/C13H12N2O4S2/c16-12(15-3-4-19-8(7-15)13(17)18)10-6-14-11(21-10)9-2-1-5-20-9/h1-2,5-6,8H,3-4,7H2,(H,17,18)/t8-/m0/s1. The van der Waals surface area contributed by atoms with Gasteiger partial charge < -0.3 is 14.7 Å². The van der Waals surface area contributed by atoms with E-state index in [4.69, 9.17) is 9.84 Å². The van der Waals surface area contributed by atoms with Crippen LogP contribution in [0.3, 0.4) is 0 Å². The molecule has 1 N–H and O–H groups in total. The van der Waals surface area contributed by atoms with Gasteiger partial charge in [0.15, 0.2) is 6.10 Å². The number of thiazole rings is 1. The van der Waals surface area contributed by atoms with Crippen molar-refractivity contribution in [3.05, 3.63) is 28.6 Å². The third-order valence-corrected chi connectivity index (χ3v) is 5.10. The first-order chi connectivity index (χ1) is 10.1. The van der Waals surface area contributed by atoms with Crippen molar-refractivity contribution in [2.75, 3.05) is 19.7 Å². The van der Waals surface area contributed by atoms with Gasteiger partial charge in [0.2, 0.25) is 0 Å². The monoisotopic (exact) mass is 324 g/mol. The lowest BCUT2D eigenvalue weighted by atomic mass is 10.2. The zero-order valence-electron chi connectivity index (χ0n) is 10.9. The number of aromatic nitrogens is 1. The van der Waals surface area contributed by atoms with E-state index >= 15 is 0 Å². The van der Waals surface area contributed by atoms with Crippen LogP contribution in [-0.4, -0.2) is 52.7 Å². The first-order valence-corrected chi connectivity index (χ1v) is 7.98. The molecule has 0 saturated carbocycles. The molecule has 3 heterocycles. The summed E-state index contributed by atoms with van der Waals surface area (Å²) in [6, 6.07) is 3.88. The molecule has 6 nitrogen and oxygen atoms in total. The number of rotatable bonds is 3. The molecule has 0 bridgehead atoms. The highest BCUT2D eigenvalue weighted by molar-refractivity contribution is 7.21. The van der Waals surface area contributed by atoms with Crippen LogP contribution in [0.4, 0.5) is 0 Å². The van der Waals surface area contributed by atoms with Gasteiger partial charge in [0, 0.05) is 6.54 Å². The first kappa shape index (κ1) is 14.2. The maximum Gasteiger partial charge on any atom is 0.334 e. The van der Waals surface area contributed by atoms with Gasteiger partial charge in [-0.1, -0.05) is 6.07 Å². The fourth-order valence-corrected chi connectivity index (χ4v) is 3.71. The summed E-state index contributed by atoms with van der Waals surface area (Å²) in [5, 5.41) is 11.7. The van der Waals surface area contributed by atoms with Crippen molar-refractivity contribution in [1.29, 1.82) is 0 Å². The predicted octanol–water partition coefficient (Wildman–Crippen LogP) is 1.80. The number of aliphatic carboxylic acids is 1. The molecule has 2 aromatic rings. The van der Waals surface area contributed by atoms with Gasteiger partial charge in [-0.3, -0.25) is 4.79 Å². The van der Waals surface area contributed by atoms with Crippen molar-refractivity contribution in [3.63, 3.8) is 0 Å². The minimum atomic E-state index is -1.05. The molecule has 1 amide bonds. The number of carbonyl (C=O) groups excluding carboxylic acids is 1. The van der Waals surface area contributed by atoms with E-state index in [1.807, 2.05) is 17.5 Å². The summed E-state index contributed by atoms with van der Waals surface area (Å²) in [6.45, 7) is 0.703. The maximum absolute atomic E-state index is 12.4. The van der Waals surface area contributed by atoms with Crippen molar-refractivity contribution in [2.24, 2.45) is 0 Å². The number of carboxylic acids is 1. The Hall–Kier alpha value is -1.77. The van der Waals surface area contributed by atoms with Crippen LogP contribution in [0.25, 0.3) is 9.88 Å². The molecule has 0 aliphatic carbocycles. The fraction of sp³-hybridized carbons (Fsp3) is 0.308. The van der Waals surface area contributed by atoms with Gasteiger partial charge in [-0.2, -0.15) is 0 Å². The van der Waals surface area contributed by atoms with Crippen molar-refractivity contribution >= 4 is 34.6 Å². The number of nitrogens with zero attached hydrogens (tertiary/aromatic N) is 2. The Bertz CT molecular complexity index is 653. The molecular weight excluding hydrogens is 312 g/mol. The Kier molecular flexibility index (Phi) is 4.00. The summed E-state index contributed by atoms with van der Waals surface area (Å²) in [5.41, 5.74) is 0. The summed E-state index contributed by atoms with van der Waals surface area (Å²) in [4.78, 5) is 30.7. The molecule has 1 saturated heterocycles. The number of hydrogen-bond donors (Lipinski definition) is 1. The molecule has 21 heavy (non-hydrogen) atoms. The minimum Gasteiger partial charge on any atom is -0.479 e. The zero-order valence-corrected chi connectivity index (χ0v) is 12.5. The van der Waals surface area contributed by atoms with E-state index in [1.165, 1.54) is 16.2 Å². The van der Waals surface area contributed by atoms with Gasteiger partial charge in [-0.05, 0) is 11.4 Å². The lowest BCUT2D eigenvalue weighted by Gasteiger charge is -2.30. The van der Waals surface area contributed by atoms with E-state index in [2.05, 4.69) is 4.98 Å². The molecule has 2 aromatic heterocycles. The Morgan fingerprint density at radius 3 is 3.05 bits per heavy atom. The SMILES string of the molecule is O=C(O)[C@@H]1CN(C(=O)c2cnc(-c3cccs3)s2)CCO1. The lowest BCUT2D eigenvalue weighted by Crippen LogP contribution is -2.48. The summed E-state index contributed by atoms with van der Waals surface area (Å²) in [6.07, 6.45) is 0.597. The van der Waals surface area contributed by atoms with Crippen LogP contribution in [0.5, 0.6) is 0 Å². The van der Waals surface area contributed by atoms with Crippen LogP contribution >= 0.6 is 22.7 Å². The summed E-state index contributed by atoms with van der Waals surface area (Å²) in [7, 11) is 0. The Balaban J connectivity index is 1.74. The topological polar surface area (TPSA) is 79.7 Å². The predicted molar refractivity (Wildman–Crippen MR) is 78.7 cm³/mol. The van der Waals surface area contributed by atoms with E-state index in [9.17, 15) is 9.59 Å². The quantitative estimate of drug-likeness (QED) is 0.931. The van der Waals surface area contributed by atoms with Gasteiger partial charge >= 0.3 is 5.97 Å². The van der Waals surface area contributed by atoms with E-state index < -0.39 is 12.1 Å². The number of morpholine rings is 1. The normalized spacial score (nSPS) is 18.7. The van der Waals surface area contributed by atoms with Gasteiger partial charge in [0.1, 0.15) is 9.88 Å². The Morgan fingerprint density at radius 2 is 2.33 bits per heavy atom. The average molecular weight is 324 g/mol. The first-order valence-electron chi connectivity index (χ1n) is 6.28. The number of thiophene rings is 1. The minimum absolute atomic E-state index is 0.0698. The van der Waals surface area contributed by atoms with Gasteiger partial charge in [0.25, 0.3) is 5.91 Å². The summed E-state index contributed by atoms with van der Waals surface area (Å²) in [5.74, 6) is -1.24. The second-order valence-corrected chi connectivity index (χ2v) is 6.43. The van der Waals surface area contributed by atoms with Crippen molar-refractivity contribution < 1.29 is 19.4 Å². The molecule has 1 aliphatic rings. The highest BCUT2D eigenvalue weighted by atomic mass is 32.1. The van der Waals surface area contributed by atoms with Gasteiger partial charge in [0.05, 0.1) is 24.2 Å². The van der Waals surface area contributed by atoms with Crippen molar-refractivity contribution in [2.45, 2.75) is 6.10 Å². The zero-order chi connectivity index (χ0) is 14.8. The van der Waals surface area contributed by atoms with E-state index in [0.717, 1.165) is 9.88 Å². The van der Waals surface area contributed by atoms with E-state index in [0.29, 0.717) is 11.4 Å². The second kappa shape index (κ2) is 5.92. The number of carbonyl (C=O) groups is 2. The number of hydrogen-bond acceptors (Lipinski definition) is 6. The fourth-order valence-electron chi connectivity index (χ4n) is 2.03. The number of carboxylic acid groups (broad SMARTS) is 1. The van der Waals surface area contributed by atoms with E-state index in [1.54, 1.807) is 17.5 Å².